The van der Waals surface area contributed by atoms with Crippen LogP contribution in [0, 0.1) is 5.41 Å². The van der Waals surface area contributed by atoms with Crippen LogP contribution in [0.3, 0.4) is 0 Å². The summed E-state index contributed by atoms with van der Waals surface area (Å²) in [6, 6.07) is 6.87. The second kappa shape index (κ2) is 8.45. The quantitative estimate of drug-likeness (QED) is 0.716. The zero-order chi connectivity index (χ0) is 16.7. The number of carbonyl (C=O) groups is 1. The highest BCUT2D eigenvalue weighted by Crippen LogP contribution is 2.43. The van der Waals surface area contributed by atoms with E-state index in [4.69, 9.17) is 4.74 Å². The largest absolute Gasteiger partial charge is 0.382 e. The van der Waals surface area contributed by atoms with E-state index in [0.717, 1.165) is 37.4 Å². The molecule has 0 aromatic heterocycles. The minimum atomic E-state index is -1.00. The van der Waals surface area contributed by atoms with Crippen molar-refractivity contribution in [3.63, 3.8) is 0 Å². The molecule has 0 aliphatic heterocycles. The number of hydrogen-bond acceptors (Lipinski definition) is 3. The molecule has 5 nitrogen and oxygen atoms in total. The van der Waals surface area contributed by atoms with Crippen LogP contribution in [0.25, 0.3) is 0 Å². The lowest BCUT2D eigenvalue weighted by atomic mass is 9.67. The van der Waals surface area contributed by atoms with Gasteiger partial charge in [-0.15, -0.1) is 0 Å². The Balaban J connectivity index is 1.78. The monoisotopic (exact) mass is 338 g/mol. The Morgan fingerprint density at radius 1 is 1.30 bits per heavy atom. The van der Waals surface area contributed by atoms with Crippen molar-refractivity contribution in [3.05, 3.63) is 24.3 Å². The van der Waals surface area contributed by atoms with Gasteiger partial charge in [0, 0.05) is 47.4 Å². The molecular weight excluding hydrogens is 312 g/mol. The summed E-state index contributed by atoms with van der Waals surface area (Å²) < 4.78 is 16.8. The summed E-state index contributed by atoms with van der Waals surface area (Å²) in [5, 5.41) is 5.79. The number of carbonyl (C=O) groups excluding carboxylic acids is 1. The molecule has 23 heavy (non-hydrogen) atoms. The Labute approximate surface area is 140 Å². The maximum Gasteiger partial charge on any atom is 0.319 e. The van der Waals surface area contributed by atoms with Gasteiger partial charge in [0.2, 0.25) is 0 Å². The summed E-state index contributed by atoms with van der Waals surface area (Å²) in [5.74, 6) is 0. The normalized spacial score (nSPS) is 17.1. The van der Waals surface area contributed by atoms with Gasteiger partial charge in [-0.3, -0.25) is 4.21 Å². The van der Waals surface area contributed by atoms with Crippen molar-refractivity contribution in [2.75, 3.05) is 31.3 Å². The average Bonchev–Trinajstić information content (AvgIpc) is 2.49. The fraction of sp³-hybridized carbons (Fsp3) is 0.588. The maximum atomic E-state index is 12.0. The van der Waals surface area contributed by atoms with Gasteiger partial charge in [0.05, 0.1) is 0 Å². The summed E-state index contributed by atoms with van der Waals surface area (Å²) in [7, 11) is -1.00. The highest BCUT2D eigenvalue weighted by atomic mass is 32.2. The average molecular weight is 338 g/mol. The summed E-state index contributed by atoms with van der Waals surface area (Å²) in [5.41, 5.74) is 0.906. The predicted octanol–water partition coefficient (Wildman–Crippen LogP) is 3.14. The third kappa shape index (κ3) is 5.32. The minimum absolute atomic E-state index is 0.196. The first-order valence-electron chi connectivity index (χ1n) is 8.11. The molecule has 2 amide bonds. The van der Waals surface area contributed by atoms with E-state index in [1.54, 1.807) is 30.5 Å². The second-order valence-electron chi connectivity index (χ2n) is 6.09. The first-order chi connectivity index (χ1) is 11.0. The molecule has 1 saturated carbocycles. The Kier molecular flexibility index (Phi) is 6.59. The predicted molar refractivity (Wildman–Crippen MR) is 93.2 cm³/mol. The van der Waals surface area contributed by atoms with Crippen molar-refractivity contribution in [1.29, 1.82) is 0 Å². The number of rotatable bonds is 8. The van der Waals surface area contributed by atoms with Crippen LogP contribution in [0.2, 0.25) is 0 Å². The molecule has 0 heterocycles. The summed E-state index contributed by atoms with van der Waals surface area (Å²) in [6.07, 6.45) is 6.16. The third-order valence-electron chi connectivity index (χ3n) is 4.46. The first kappa shape index (κ1) is 17.9. The number of anilines is 1. The molecule has 1 aromatic carbocycles. The van der Waals surface area contributed by atoms with Crippen LogP contribution in [0.5, 0.6) is 0 Å². The molecule has 0 unspecified atom stereocenters. The van der Waals surface area contributed by atoms with Crippen molar-refractivity contribution in [3.8, 4) is 0 Å². The number of benzene rings is 1. The smallest absolute Gasteiger partial charge is 0.319 e. The lowest BCUT2D eigenvalue weighted by Crippen LogP contribution is -2.44. The van der Waals surface area contributed by atoms with Crippen molar-refractivity contribution in [2.45, 2.75) is 37.5 Å². The fourth-order valence-electron chi connectivity index (χ4n) is 2.80. The number of nitrogens with one attached hydrogen (secondary N) is 2. The molecule has 128 valence electrons. The topological polar surface area (TPSA) is 67.4 Å². The van der Waals surface area contributed by atoms with E-state index in [1.165, 1.54) is 6.42 Å². The molecule has 6 heteroatoms. The van der Waals surface area contributed by atoms with Gasteiger partial charge < -0.3 is 15.4 Å². The van der Waals surface area contributed by atoms with Crippen LogP contribution < -0.4 is 10.6 Å². The van der Waals surface area contributed by atoms with Crippen LogP contribution >= 0.6 is 0 Å². The zero-order valence-electron chi connectivity index (χ0n) is 13.9. The SMILES string of the molecule is CCOCCC1(CNC(=O)Nc2ccc([S@@](C)=O)cc2)CCC1. The number of amides is 2. The number of urea groups is 1. The van der Waals surface area contributed by atoms with Gasteiger partial charge in [0.15, 0.2) is 0 Å². The lowest BCUT2D eigenvalue weighted by Gasteiger charge is -2.42. The Morgan fingerprint density at radius 3 is 2.52 bits per heavy atom. The Hall–Kier alpha value is -1.40. The van der Waals surface area contributed by atoms with Gasteiger partial charge in [-0.1, -0.05) is 6.42 Å². The van der Waals surface area contributed by atoms with Crippen molar-refractivity contribution >= 4 is 22.5 Å². The molecule has 0 bridgehead atoms. The third-order valence-corrected chi connectivity index (χ3v) is 5.40. The van der Waals surface area contributed by atoms with E-state index < -0.39 is 10.8 Å². The maximum absolute atomic E-state index is 12.0. The van der Waals surface area contributed by atoms with E-state index in [-0.39, 0.29) is 11.4 Å². The van der Waals surface area contributed by atoms with Gasteiger partial charge in [-0.2, -0.15) is 0 Å². The van der Waals surface area contributed by atoms with Crippen LogP contribution in [-0.2, 0) is 15.5 Å². The van der Waals surface area contributed by atoms with Crippen LogP contribution in [0.15, 0.2) is 29.2 Å². The zero-order valence-corrected chi connectivity index (χ0v) is 14.7. The Bertz CT molecular complexity index is 541. The van der Waals surface area contributed by atoms with E-state index >= 15 is 0 Å². The number of ether oxygens (including phenoxy) is 1. The first-order valence-corrected chi connectivity index (χ1v) is 9.66. The minimum Gasteiger partial charge on any atom is -0.382 e. The molecule has 2 N–H and O–H groups in total. The molecule has 0 radical (unpaired) electrons. The van der Waals surface area contributed by atoms with Crippen LogP contribution in [0.4, 0.5) is 10.5 Å². The van der Waals surface area contributed by atoms with Gasteiger partial charge in [-0.25, -0.2) is 4.79 Å². The second-order valence-corrected chi connectivity index (χ2v) is 7.47. The molecule has 1 aliphatic rings. The standard InChI is InChI=1S/C17H26N2O3S/c1-3-22-12-11-17(9-4-10-17)13-18-16(20)19-14-5-7-15(8-6-14)23(2)21/h5-8H,3-4,9-13H2,1-2H3,(H2,18,19,20)/t23-/m1/s1. The Morgan fingerprint density at radius 2 is 2.00 bits per heavy atom. The van der Waals surface area contributed by atoms with Crippen molar-refractivity contribution in [1.82, 2.24) is 5.32 Å². The van der Waals surface area contributed by atoms with Crippen molar-refractivity contribution in [2.24, 2.45) is 5.41 Å². The molecule has 1 aliphatic carbocycles. The molecule has 0 spiro atoms. The van der Waals surface area contributed by atoms with E-state index in [2.05, 4.69) is 10.6 Å². The summed E-state index contributed by atoms with van der Waals surface area (Å²) in [6.45, 7) is 4.18. The van der Waals surface area contributed by atoms with Crippen LogP contribution in [0.1, 0.15) is 32.6 Å². The van der Waals surface area contributed by atoms with E-state index in [0.29, 0.717) is 12.2 Å². The van der Waals surface area contributed by atoms with Gasteiger partial charge in [0.1, 0.15) is 0 Å². The van der Waals surface area contributed by atoms with E-state index in [9.17, 15) is 9.00 Å². The molecule has 1 atom stereocenters. The molecular formula is C17H26N2O3S. The highest BCUT2D eigenvalue weighted by Gasteiger charge is 2.36. The van der Waals surface area contributed by atoms with Crippen molar-refractivity contribution < 1.29 is 13.7 Å². The summed E-state index contributed by atoms with van der Waals surface area (Å²) in [4.78, 5) is 12.8. The molecule has 1 fully saturated rings. The molecule has 0 saturated heterocycles. The van der Waals surface area contributed by atoms with Gasteiger partial charge in [0.25, 0.3) is 0 Å². The van der Waals surface area contributed by atoms with Gasteiger partial charge >= 0.3 is 6.03 Å². The molecule has 2 rings (SSSR count). The lowest BCUT2D eigenvalue weighted by molar-refractivity contribution is 0.0561. The fourth-order valence-corrected chi connectivity index (χ4v) is 3.32. The highest BCUT2D eigenvalue weighted by molar-refractivity contribution is 7.84. The number of hydrogen-bond donors (Lipinski definition) is 2. The van der Waals surface area contributed by atoms with Gasteiger partial charge in [-0.05, 0) is 55.9 Å². The van der Waals surface area contributed by atoms with E-state index in [1.807, 2.05) is 6.92 Å². The molecule has 1 aromatic rings. The summed E-state index contributed by atoms with van der Waals surface area (Å²) >= 11 is 0. The van der Waals surface area contributed by atoms with Crippen LogP contribution in [-0.4, -0.2) is 36.3 Å².